The highest BCUT2D eigenvalue weighted by Gasteiger charge is 2.52. The summed E-state index contributed by atoms with van der Waals surface area (Å²) in [4.78, 5) is 110. The molecule has 18 heteroatoms. The number of nitrogens with zero attached hydrogens (tertiary/aromatic N) is 6. The van der Waals surface area contributed by atoms with E-state index in [2.05, 4.69) is 30.6 Å². The van der Waals surface area contributed by atoms with Crippen LogP contribution in [0.4, 0.5) is 14.0 Å². The molecule has 428 valence electrons. The Morgan fingerprint density at radius 2 is 1.01 bits per heavy atom. The number of carbonyl (C=O) groups is 6. The summed E-state index contributed by atoms with van der Waals surface area (Å²) >= 11 is 0. The highest BCUT2D eigenvalue weighted by Crippen LogP contribution is 2.49. The van der Waals surface area contributed by atoms with Gasteiger partial charge in [-0.25, -0.2) is 34.0 Å². The molecule has 79 heavy (non-hydrogen) atoms. The van der Waals surface area contributed by atoms with Gasteiger partial charge in [0.25, 0.3) is 0 Å². The number of Topliss-reactive ketones (excluding diaryl/α,β-unsaturated/α-hetero) is 2. The number of ether oxygens (including phenoxy) is 1. The van der Waals surface area contributed by atoms with Crippen molar-refractivity contribution in [2.24, 2.45) is 22.7 Å². The molecular weight excluding hydrogens is 1000 g/mol. The van der Waals surface area contributed by atoms with Crippen molar-refractivity contribution in [3.05, 3.63) is 102 Å². The average molecular weight is 1090 g/mol. The molecule has 8 rings (SSSR count). The molecule has 2 aliphatic carbocycles. The maximum absolute atomic E-state index is 16.1. The predicted octanol–water partition coefficient (Wildman–Crippen LogP) is 9.34. The maximum atomic E-state index is 16.1. The maximum Gasteiger partial charge on any atom is 0.337 e. The van der Waals surface area contributed by atoms with Crippen LogP contribution in [-0.4, -0.2) is 134 Å². The molecule has 6 amide bonds. The van der Waals surface area contributed by atoms with Crippen LogP contribution in [0.5, 0.6) is 5.75 Å². The van der Waals surface area contributed by atoms with E-state index in [9.17, 15) is 14.0 Å². The lowest BCUT2D eigenvalue weighted by Crippen LogP contribution is -2.69. The normalized spacial score (nSPS) is 18.5. The summed E-state index contributed by atoms with van der Waals surface area (Å²) in [5.74, 6) is 0.116. The Balaban J connectivity index is 1.23. The first-order valence-corrected chi connectivity index (χ1v) is 29.5. The number of aromatic amines is 2. The second-order valence-corrected chi connectivity index (χ2v) is 22.7. The molecule has 0 radical (unpaired) electrons. The minimum absolute atomic E-state index is 0.0533. The van der Waals surface area contributed by atoms with E-state index in [1.165, 1.54) is 17.1 Å². The summed E-state index contributed by atoms with van der Waals surface area (Å²) < 4.78 is 20.3. The standard InChI is InChI=1S/C61H85FN10O7/c1-4-12-54(73)60(46-14-8-6-9-15-46)28-34-69(35-29-60)56(75)52(38-44-18-22-48(62)23-19-44)71(58(77)65-32-26-49-40-63-42-67-49)72(59(78)66-33-27-50-41-64-43-68-50)53(39-45-20-24-51(79-3)25-21-45)57(76)70-36-30-61(31-37-70,55(74)13-5-2)47-16-10-7-11-17-47/h18-25,40-43,46-47,52-53H,4-17,26-39H2,1-3H3,(H,63,67)(H,64,68)(H,65,77)(H,66,78)/t52-,53-/m1/s1. The first-order valence-electron chi connectivity index (χ1n) is 29.5. The van der Waals surface area contributed by atoms with E-state index in [0.717, 1.165) is 82.1 Å². The first-order chi connectivity index (χ1) is 38.4. The Bertz CT molecular complexity index is 2580. The number of hydrazine groups is 1. The molecule has 2 aliphatic heterocycles. The van der Waals surface area contributed by atoms with Gasteiger partial charge >= 0.3 is 12.1 Å². The summed E-state index contributed by atoms with van der Waals surface area (Å²) in [6, 6.07) is 8.45. The lowest BCUT2D eigenvalue weighted by Gasteiger charge is -2.50. The summed E-state index contributed by atoms with van der Waals surface area (Å²) in [6.07, 6.45) is 21.6. The molecule has 2 saturated heterocycles. The number of H-pyrrole nitrogens is 2. The third-order valence-electron chi connectivity index (χ3n) is 17.9. The van der Waals surface area contributed by atoms with Crippen molar-refractivity contribution in [2.45, 2.75) is 167 Å². The fourth-order valence-corrected chi connectivity index (χ4v) is 13.5. The number of likely N-dealkylation sites (tertiary alicyclic amines) is 2. The van der Waals surface area contributed by atoms with E-state index >= 15 is 19.2 Å². The molecule has 17 nitrogen and oxygen atoms in total. The Hall–Kier alpha value is -6.59. The Kier molecular flexibility index (Phi) is 20.8. The number of carbonyl (C=O) groups excluding carboxylic acids is 6. The highest BCUT2D eigenvalue weighted by atomic mass is 19.1. The number of ketones is 2. The van der Waals surface area contributed by atoms with E-state index in [4.69, 9.17) is 4.74 Å². The Morgan fingerprint density at radius 1 is 0.620 bits per heavy atom. The fourth-order valence-electron chi connectivity index (χ4n) is 13.5. The molecule has 0 unspecified atom stereocenters. The number of hydrogen-bond acceptors (Lipinski definition) is 9. The van der Waals surface area contributed by atoms with E-state index in [-0.39, 0.29) is 75.5 Å². The zero-order valence-corrected chi connectivity index (χ0v) is 47.0. The van der Waals surface area contributed by atoms with Crippen molar-refractivity contribution in [3.8, 4) is 5.75 Å². The highest BCUT2D eigenvalue weighted by molar-refractivity contribution is 5.93. The molecule has 0 spiro atoms. The number of rotatable bonds is 23. The van der Waals surface area contributed by atoms with Crippen LogP contribution in [0.2, 0.25) is 0 Å². The van der Waals surface area contributed by atoms with Crippen molar-refractivity contribution >= 4 is 35.4 Å². The molecule has 4 heterocycles. The molecule has 4 N–H and O–H groups in total. The van der Waals surface area contributed by atoms with Crippen molar-refractivity contribution < 1.29 is 37.9 Å². The second kappa shape index (κ2) is 28.0. The van der Waals surface area contributed by atoms with Gasteiger partial charge in [0.15, 0.2) is 0 Å². The number of aromatic nitrogens is 4. The molecule has 2 aromatic heterocycles. The largest absolute Gasteiger partial charge is 0.497 e. The number of urea groups is 2. The van der Waals surface area contributed by atoms with Crippen molar-refractivity contribution in [1.82, 2.24) is 50.4 Å². The van der Waals surface area contributed by atoms with Crippen LogP contribution in [0, 0.1) is 28.5 Å². The van der Waals surface area contributed by atoms with E-state index in [1.807, 2.05) is 26.0 Å². The van der Waals surface area contributed by atoms with Crippen molar-refractivity contribution in [3.63, 3.8) is 0 Å². The topological polar surface area (TPSA) is 206 Å². The molecule has 0 bridgehead atoms. The van der Waals surface area contributed by atoms with Gasteiger partial charge in [0.2, 0.25) is 11.8 Å². The summed E-state index contributed by atoms with van der Waals surface area (Å²) in [6.45, 7) is 5.18. The van der Waals surface area contributed by atoms with Crippen molar-refractivity contribution in [2.75, 3.05) is 46.4 Å². The van der Waals surface area contributed by atoms with Gasteiger partial charge in [-0.05, 0) is 111 Å². The average Bonchev–Trinajstić information content (AvgIpc) is 4.32. The SMILES string of the molecule is CCCC(=O)C1(C2CCCCC2)CCN(C(=O)[C@@H](Cc2ccc(F)cc2)N(C(=O)NCCc2c[nH]cn2)N(C(=O)NCCc2c[nH]cn2)[C@H](Cc2ccc(OC)cc2)C(=O)N2CCC(C(=O)CCC)(C3CCCCC3)CC2)CC1. The first kappa shape index (κ1) is 58.6. The van der Waals surface area contributed by atoms with Crippen LogP contribution < -0.4 is 15.4 Å². The number of halogens is 1. The number of nitrogens with one attached hydrogen (secondary N) is 4. The summed E-state index contributed by atoms with van der Waals surface area (Å²) in [7, 11) is 1.56. The van der Waals surface area contributed by atoms with Crippen LogP contribution in [-0.2, 0) is 44.9 Å². The van der Waals surface area contributed by atoms with Crippen molar-refractivity contribution in [1.29, 1.82) is 0 Å². The number of methoxy groups -OCH3 is 1. The molecule has 4 aromatic rings. The third-order valence-corrected chi connectivity index (χ3v) is 17.9. The molecule has 4 aliphatic rings. The van der Waals surface area contributed by atoms with E-state index < -0.39 is 52.6 Å². The number of imidazole rings is 2. The van der Waals surface area contributed by atoms with Gasteiger partial charge in [-0.15, -0.1) is 0 Å². The quantitative estimate of drug-likeness (QED) is 0.0522. The minimum Gasteiger partial charge on any atom is -0.497 e. The molecular formula is C61H85FN10O7. The Morgan fingerprint density at radius 3 is 1.37 bits per heavy atom. The zero-order valence-electron chi connectivity index (χ0n) is 47.0. The third kappa shape index (κ3) is 14.2. The lowest BCUT2D eigenvalue weighted by molar-refractivity contribution is -0.155. The molecule has 2 saturated carbocycles. The predicted molar refractivity (Wildman–Crippen MR) is 299 cm³/mol. The second-order valence-electron chi connectivity index (χ2n) is 22.7. The summed E-state index contributed by atoms with van der Waals surface area (Å²) in [5, 5.41) is 8.37. The fraction of sp³-hybridized carbons (Fsp3) is 0.607. The molecule has 4 fully saturated rings. The van der Waals surface area contributed by atoms with Crippen LogP contribution in [0.3, 0.4) is 0 Å². The summed E-state index contributed by atoms with van der Waals surface area (Å²) in [5.41, 5.74) is 1.37. The van der Waals surface area contributed by atoms with Crippen LogP contribution in [0.15, 0.2) is 73.6 Å². The van der Waals surface area contributed by atoms with Crippen LogP contribution in [0.25, 0.3) is 0 Å². The van der Waals surface area contributed by atoms with Gasteiger partial charge < -0.3 is 35.1 Å². The minimum atomic E-state index is -1.46. The van der Waals surface area contributed by atoms with Gasteiger partial charge in [-0.3, -0.25) is 19.2 Å². The van der Waals surface area contributed by atoms with E-state index in [0.29, 0.717) is 79.6 Å². The van der Waals surface area contributed by atoms with Gasteiger partial charge in [-0.2, -0.15) is 0 Å². The Labute approximate surface area is 465 Å². The zero-order chi connectivity index (χ0) is 55.8. The number of benzene rings is 2. The van der Waals surface area contributed by atoms with Gasteiger partial charge in [-0.1, -0.05) is 76.6 Å². The van der Waals surface area contributed by atoms with Crippen LogP contribution >= 0.6 is 0 Å². The van der Waals surface area contributed by atoms with Crippen LogP contribution in [0.1, 0.15) is 152 Å². The van der Waals surface area contributed by atoms with Gasteiger partial charge in [0.05, 0.1) is 31.2 Å². The molecule has 2 atom stereocenters. The van der Waals surface area contributed by atoms with E-state index in [1.54, 1.807) is 66.2 Å². The van der Waals surface area contributed by atoms with Gasteiger partial charge in [0, 0.05) is 101 Å². The lowest BCUT2D eigenvalue weighted by atomic mass is 9.61. The number of amides is 6. The monoisotopic (exact) mass is 1090 g/mol. The number of hydrogen-bond donors (Lipinski definition) is 4. The molecule has 2 aromatic carbocycles. The van der Waals surface area contributed by atoms with Gasteiger partial charge in [0.1, 0.15) is 35.2 Å². The number of piperidine rings is 2. The smallest absolute Gasteiger partial charge is 0.337 e.